The van der Waals surface area contributed by atoms with Crippen LogP contribution >= 0.6 is 0 Å². The zero-order chi connectivity index (χ0) is 13.1. The number of ether oxygens (including phenoxy) is 1. The number of hydrogen-bond donors (Lipinski definition) is 2. The van der Waals surface area contributed by atoms with Gasteiger partial charge in [0.15, 0.2) is 5.78 Å². The molecule has 0 aliphatic carbocycles. The quantitative estimate of drug-likeness (QED) is 0.638. The van der Waals surface area contributed by atoms with Crippen LogP contribution in [0.4, 0.5) is 11.4 Å². The number of carbonyl (C=O) groups excluding carboxylic acids is 1. The maximum atomic E-state index is 12.2. The van der Waals surface area contributed by atoms with Crippen LogP contribution < -0.4 is 16.2 Å². The molecule has 2 aromatic carbocycles. The molecule has 0 heterocycles. The Morgan fingerprint density at radius 1 is 1.06 bits per heavy atom. The molecule has 0 radical (unpaired) electrons. The van der Waals surface area contributed by atoms with Gasteiger partial charge in [0.05, 0.1) is 12.8 Å². The van der Waals surface area contributed by atoms with E-state index in [2.05, 4.69) is 0 Å². The molecule has 4 N–H and O–H groups in total. The minimum absolute atomic E-state index is 0.114. The van der Waals surface area contributed by atoms with E-state index in [-0.39, 0.29) is 5.78 Å². The fraction of sp³-hybridized carbons (Fsp3) is 0.0714. The summed E-state index contributed by atoms with van der Waals surface area (Å²) in [5.74, 6) is 0.441. The minimum Gasteiger partial charge on any atom is -0.495 e. The second-order valence-electron chi connectivity index (χ2n) is 3.91. The predicted octanol–water partition coefficient (Wildman–Crippen LogP) is 2.09. The molecule has 0 atom stereocenters. The summed E-state index contributed by atoms with van der Waals surface area (Å²) >= 11 is 0. The smallest absolute Gasteiger partial charge is 0.193 e. The molecule has 0 fully saturated rings. The second-order valence-corrected chi connectivity index (χ2v) is 3.91. The van der Waals surface area contributed by atoms with Crippen LogP contribution in [0.25, 0.3) is 0 Å². The summed E-state index contributed by atoms with van der Waals surface area (Å²) in [4.78, 5) is 12.2. The number of methoxy groups -OCH3 is 1. The number of hydrogen-bond acceptors (Lipinski definition) is 4. The van der Waals surface area contributed by atoms with E-state index in [4.69, 9.17) is 16.2 Å². The molecule has 0 saturated carbocycles. The van der Waals surface area contributed by atoms with E-state index >= 15 is 0 Å². The summed E-state index contributed by atoms with van der Waals surface area (Å²) in [7, 11) is 1.53. The Morgan fingerprint density at radius 2 is 1.78 bits per heavy atom. The minimum atomic E-state index is -0.114. The molecule has 0 aliphatic heterocycles. The van der Waals surface area contributed by atoms with Gasteiger partial charge in [0.1, 0.15) is 5.75 Å². The van der Waals surface area contributed by atoms with Gasteiger partial charge in [-0.15, -0.1) is 0 Å². The molecule has 0 aliphatic rings. The SMILES string of the molecule is COc1ccc(C(=O)c2cccc(N)c2)cc1N. The van der Waals surface area contributed by atoms with Crippen LogP contribution in [0.15, 0.2) is 42.5 Å². The molecular formula is C14H14N2O2. The first-order chi connectivity index (χ1) is 8.61. The summed E-state index contributed by atoms with van der Waals surface area (Å²) < 4.78 is 5.05. The van der Waals surface area contributed by atoms with Crippen molar-refractivity contribution >= 4 is 17.2 Å². The monoisotopic (exact) mass is 242 g/mol. The molecular weight excluding hydrogens is 228 g/mol. The molecule has 4 nitrogen and oxygen atoms in total. The molecule has 2 rings (SSSR count). The number of ketones is 1. The van der Waals surface area contributed by atoms with Crippen LogP contribution in [0.1, 0.15) is 15.9 Å². The van der Waals surface area contributed by atoms with Crippen molar-refractivity contribution in [2.45, 2.75) is 0 Å². The fourth-order valence-corrected chi connectivity index (χ4v) is 1.72. The molecule has 0 spiro atoms. The van der Waals surface area contributed by atoms with E-state index < -0.39 is 0 Å². The average molecular weight is 242 g/mol. The lowest BCUT2D eigenvalue weighted by Gasteiger charge is -2.07. The first-order valence-corrected chi connectivity index (χ1v) is 5.45. The Balaban J connectivity index is 2.37. The van der Waals surface area contributed by atoms with Gasteiger partial charge in [-0.2, -0.15) is 0 Å². The normalized spacial score (nSPS) is 10.1. The molecule has 0 aromatic heterocycles. The highest BCUT2D eigenvalue weighted by Gasteiger charge is 2.11. The molecule has 18 heavy (non-hydrogen) atoms. The Kier molecular flexibility index (Phi) is 3.19. The van der Waals surface area contributed by atoms with Crippen molar-refractivity contribution < 1.29 is 9.53 Å². The molecule has 92 valence electrons. The zero-order valence-corrected chi connectivity index (χ0v) is 10.0. The van der Waals surface area contributed by atoms with E-state index in [1.807, 2.05) is 0 Å². The van der Waals surface area contributed by atoms with Crippen LogP contribution in [0.5, 0.6) is 5.75 Å². The highest BCUT2D eigenvalue weighted by Crippen LogP contribution is 2.23. The largest absolute Gasteiger partial charge is 0.495 e. The third-order valence-corrected chi connectivity index (χ3v) is 2.64. The van der Waals surface area contributed by atoms with Gasteiger partial charge in [-0.1, -0.05) is 12.1 Å². The maximum absolute atomic E-state index is 12.2. The molecule has 4 heteroatoms. The van der Waals surface area contributed by atoms with Crippen LogP contribution in [0.3, 0.4) is 0 Å². The fourth-order valence-electron chi connectivity index (χ4n) is 1.72. The summed E-state index contributed by atoms with van der Waals surface area (Å²) in [5.41, 5.74) is 13.5. The van der Waals surface area contributed by atoms with Crippen molar-refractivity contribution in [2.75, 3.05) is 18.6 Å². The Labute approximate surface area is 105 Å². The third-order valence-electron chi connectivity index (χ3n) is 2.64. The van der Waals surface area contributed by atoms with Gasteiger partial charge < -0.3 is 16.2 Å². The van der Waals surface area contributed by atoms with Gasteiger partial charge in [-0.3, -0.25) is 4.79 Å². The first kappa shape index (κ1) is 12.0. The van der Waals surface area contributed by atoms with E-state index in [9.17, 15) is 4.79 Å². The number of nitrogens with two attached hydrogens (primary N) is 2. The van der Waals surface area contributed by atoms with Gasteiger partial charge in [-0.25, -0.2) is 0 Å². The van der Waals surface area contributed by atoms with Gasteiger partial charge >= 0.3 is 0 Å². The van der Waals surface area contributed by atoms with E-state index in [1.54, 1.807) is 42.5 Å². The van der Waals surface area contributed by atoms with Gasteiger partial charge in [0.2, 0.25) is 0 Å². The number of carbonyl (C=O) groups is 1. The number of benzene rings is 2. The first-order valence-electron chi connectivity index (χ1n) is 5.45. The predicted molar refractivity (Wildman–Crippen MR) is 71.7 cm³/mol. The highest BCUT2D eigenvalue weighted by molar-refractivity contribution is 6.10. The number of nitrogen functional groups attached to an aromatic ring is 2. The zero-order valence-electron chi connectivity index (χ0n) is 10.0. The highest BCUT2D eigenvalue weighted by atomic mass is 16.5. The topological polar surface area (TPSA) is 78.3 Å². The average Bonchev–Trinajstić information content (AvgIpc) is 2.37. The van der Waals surface area contributed by atoms with Gasteiger partial charge in [-0.05, 0) is 30.3 Å². The molecule has 0 amide bonds. The lowest BCUT2D eigenvalue weighted by molar-refractivity contribution is 0.103. The van der Waals surface area contributed by atoms with Gasteiger partial charge in [0.25, 0.3) is 0 Å². The summed E-state index contributed by atoms with van der Waals surface area (Å²) in [6, 6.07) is 11.8. The van der Waals surface area contributed by atoms with Crippen LogP contribution in [0.2, 0.25) is 0 Å². The Morgan fingerprint density at radius 3 is 2.39 bits per heavy atom. The maximum Gasteiger partial charge on any atom is 0.193 e. The van der Waals surface area contributed by atoms with Crippen molar-refractivity contribution in [3.05, 3.63) is 53.6 Å². The van der Waals surface area contributed by atoms with Crippen molar-refractivity contribution in [3.63, 3.8) is 0 Å². The molecule has 0 saturated heterocycles. The summed E-state index contributed by atoms with van der Waals surface area (Å²) in [6.45, 7) is 0. The lowest BCUT2D eigenvalue weighted by Crippen LogP contribution is -2.03. The molecule has 0 bridgehead atoms. The van der Waals surface area contributed by atoms with Crippen molar-refractivity contribution in [3.8, 4) is 5.75 Å². The Bertz CT molecular complexity index is 594. The second kappa shape index (κ2) is 4.79. The number of rotatable bonds is 3. The van der Waals surface area contributed by atoms with Crippen LogP contribution in [-0.4, -0.2) is 12.9 Å². The standard InChI is InChI=1S/C14H14N2O2/c1-18-13-6-5-10(8-12(13)16)14(17)9-3-2-4-11(15)7-9/h2-8H,15-16H2,1H3. The van der Waals surface area contributed by atoms with Crippen LogP contribution in [0, 0.1) is 0 Å². The van der Waals surface area contributed by atoms with Crippen LogP contribution in [-0.2, 0) is 0 Å². The lowest BCUT2D eigenvalue weighted by atomic mass is 10.0. The number of anilines is 2. The Hall–Kier alpha value is -2.49. The van der Waals surface area contributed by atoms with E-state index in [0.29, 0.717) is 28.3 Å². The molecule has 0 unspecified atom stereocenters. The third kappa shape index (κ3) is 2.27. The van der Waals surface area contributed by atoms with E-state index in [1.165, 1.54) is 7.11 Å². The summed E-state index contributed by atoms with van der Waals surface area (Å²) in [5, 5.41) is 0. The van der Waals surface area contributed by atoms with Gasteiger partial charge in [0, 0.05) is 16.8 Å². The van der Waals surface area contributed by atoms with Crippen molar-refractivity contribution in [1.29, 1.82) is 0 Å². The van der Waals surface area contributed by atoms with E-state index in [0.717, 1.165) is 0 Å². The van der Waals surface area contributed by atoms with Crippen molar-refractivity contribution in [2.24, 2.45) is 0 Å². The summed E-state index contributed by atoms with van der Waals surface area (Å²) in [6.07, 6.45) is 0. The molecule has 2 aromatic rings. The van der Waals surface area contributed by atoms with Crippen molar-refractivity contribution in [1.82, 2.24) is 0 Å².